The fraction of sp³-hybridized carbons (Fsp3) is 0.692. The first-order valence-electron chi connectivity index (χ1n) is 12.6. The minimum absolute atomic E-state index is 0.918. The molecule has 0 spiro atoms. The summed E-state index contributed by atoms with van der Waals surface area (Å²) in [5.41, 5.74) is 0. The van der Waals surface area contributed by atoms with E-state index in [4.69, 9.17) is 0 Å². The number of hydrogen-bond acceptors (Lipinski definition) is 2. The minimum atomic E-state index is -2.38. The molecule has 2 aromatic rings. The van der Waals surface area contributed by atoms with E-state index in [0.29, 0.717) is 0 Å². The van der Waals surface area contributed by atoms with Crippen LogP contribution in [0.5, 0.6) is 0 Å². The zero-order valence-electron chi connectivity index (χ0n) is 19.9. The third kappa shape index (κ3) is 6.13. The van der Waals surface area contributed by atoms with E-state index in [-0.39, 0.29) is 0 Å². The molecule has 0 aromatic carbocycles. The van der Waals surface area contributed by atoms with Crippen LogP contribution in [0.3, 0.4) is 0 Å². The number of unbranched alkanes of at least 4 members (excludes halogenated alkanes) is 2. The van der Waals surface area contributed by atoms with E-state index in [0.717, 1.165) is 11.8 Å². The molecule has 174 valence electrons. The quantitative estimate of drug-likeness (QED) is 0.179. The molecule has 0 fully saturated rings. The van der Waals surface area contributed by atoms with Crippen LogP contribution in [0.4, 0.5) is 0 Å². The SMILES string of the molecule is CCCCC(CC)C[CH2][Ge]1([CH2]CC(CC)CCCC)[c]2cc(Br)sc2-c2sc(Br)c[c]21. The van der Waals surface area contributed by atoms with Gasteiger partial charge in [-0.2, -0.15) is 0 Å². The zero-order chi connectivity index (χ0) is 22.4. The molecule has 0 saturated carbocycles. The van der Waals surface area contributed by atoms with Crippen LogP contribution >= 0.6 is 54.5 Å². The summed E-state index contributed by atoms with van der Waals surface area (Å²) in [7, 11) is 0. The Bertz CT molecular complexity index is 757. The maximum atomic E-state index is 3.87. The van der Waals surface area contributed by atoms with Gasteiger partial charge in [0.15, 0.2) is 0 Å². The topological polar surface area (TPSA) is 0 Å². The van der Waals surface area contributed by atoms with E-state index in [9.17, 15) is 0 Å². The van der Waals surface area contributed by atoms with Crippen molar-refractivity contribution in [1.82, 2.24) is 0 Å². The van der Waals surface area contributed by atoms with E-state index in [2.05, 4.69) is 71.7 Å². The standard InChI is InChI=1S/C26H40Br2GeS2/c1-5-9-11-19(7-3)13-15-29(16-14-20(8-4)12-10-6-2)21-17-23(27)30-25(21)26-22(29)18-24(28)31-26/h17-20H,5-16H2,1-4H3. The number of hydrogen-bond donors (Lipinski definition) is 0. The molecule has 0 N–H and O–H groups in total. The summed E-state index contributed by atoms with van der Waals surface area (Å²) in [6.45, 7) is 9.53. The van der Waals surface area contributed by atoms with Crippen LogP contribution < -0.4 is 8.79 Å². The third-order valence-electron chi connectivity index (χ3n) is 7.69. The summed E-state index contributed by atoms with van der Waals surface area (Å²) in [5.74, 6) is 1.84. The first-order valence-corrected chi connectivity index (χ1v) is 20.9. The summed E-state index contributed by atoms with van der Waals surface area (Å²) in [6.07, 6.45) is 13.9. The molecule has 0 aliphatic carbocycles. The van der Waals surface area contributed by atoms with Gasteiger partial charge in [-0.3, -0.25) is 0 Å². The second-order valence-electron chi connectivity index (χ2n) is 9.58. The van der Waals surface area contributed by atoms with Gasteiger partial charge >= 0.3 is 220 Å². The fourth-order valence-corrected chi connectivity index (χ4v) is 24.4. The van der Waals surface area contributed by atoms with Crippen molar-refractivity contribution in [3.05, 3.63) is 19.7 Å². The number of fused-ring (bicyclic) bond motifs is 3. The second kappa shape index (κ2) is 12.6. The van der Waals surface area contributed by atoms with E-state index in [1.807, 2.05) is 31.5 Å². The van der Waals surface area contributed by atoms with Crippen molar-refractivity contribution in [2.45, 2.75) is 102 Å². The van der Waals surface area contributed by atoms with Crippen molar-refractivity contribution < 1.29 is 0 Å². The average Bonchev–Trinajstić information content (AvgIpc) is 3.40. The molecule has 2 unspecified atom stereocenters. The first-order chi connectivity index (χ1) is 15.0. The van der Waals surface area contributed by atoms with Crippen LogP contribution in [-0.2, 0) is 0 Å². The van der Waals surface area contributed by atoms with E-state index in [1.54, 1.807) is 9.75 Å². The molecule has 5 heteroatoms. The van der Waals surface area contributed by atoms with Gasteiger partial charge in [0, 0.05) is 0 Å². The van der Waals surface area contributed by atoms with Crippen LogP contribution in [0.2, 0.25) is 10.5 Å². The summed E-state index contributed by atoms with van der Waals surface area (Å²) in [4.78, 5) is 3.25. The Hall–Kier alpha value is 0.903. The molecule has 0 bridgehead atoms. The molecule has 0 radical (unpaired) electrons. The zero-order valence-corrected chi connectivity index (χ0v) is 26.8. The number of halogens is 2. The Kier molecular flexibility index (Phi) is 10.7. The Morgan fingerprint density at radius 3 is 1.48 bits per heavy atom. The van der Waals surface area contributed by atoms with Crippen LogP contribution in [0.25, 0.3) is 9.75 Å². The van der Waals surface area contributed by atoms with Crippen molar-refractivity contribution in [1.29, 1.82) is 0 Å². The van der Waals surface area contributed by atoms with Gasteiger partial charge in [0.1, 0.15) is 0 Å². The van der Waals surface area contributed by atoms with Crippen molar-refractivity contribution >= 4 is 76.6 Å². The van der Waals surface area contributed by atoms with Crippen molar-refractivity contribution in [3.63, 3.8) is 0 Å². The van der Waals surface area contributed by atoms with Crippen molar-refractivity contribution in [2.24, 2.45) is 11.8 Å². The molecule has 2 aromatic heterocycles. The van der Waals surface area contributed by atoms with Gasteiger partial charge in [-0.15, -0.1) is 0 Å². The van der Waals surface area contributed by atoms with E-state index in [1.165, 1.54) is 82.3 Å². The number of rotatable bonds is 14. The molecule has 0 amide bonds. The van der Waals surface area contributed by atoms with Gasteiger partial charge in [0.25, 0.3) is 0 Å². The number of thiophene rings is 2. The van der Waals surface area contributed by atoms with E-state index >= 15 is 0 Å². The first kappa shape index (κ1) is 26.5. The van der Waals surface area contributed by atoms with Crippen molar-refractivity contribution in [3.8, 4) is 9.75 Å². The molecular formula is C26H40Br2GeS2. The molecule has 2 atom stereocenters. The molecule has 3 heterocycles. The van der Waals surface area contributed by atoms with Gasteiger partial charge in [-0.05, 0) is 0 Å². The summed E-state index contributed by atoms with van der Waals surface area (Å²) < 4.78 is 6.33. The van der Waals surface area contributed by atoms with Gasteiger partial charge in [-0.1, -0.05) is 0 Å². The normalized spacial score (nSPS) is 16.3. The molecular weight excluding hydrogens is 609 g/mol. The van der Waals surface area contributed by atoms with Gasteiger partial charge < -0.3 is 0 Å². The van der Waals surface area contributed by atoms with Crippen LogP contribution in [-0.4, -0.2) is 13.3 Å². The predicted molar refractivity (Wildman–Crippen MR) is 154 cm³/mol. The Labute approximate surface area is 218 Å². The van der Waals surface area contributed by atoms with Crippen LogP contribution in [0, 0.1) is 11.8 Å². The van der Waals surface area contributed by atoms with Crippen molar-refractivity contribution in [2.75, 3.05) is 0 Å². The molecule has 1 aliphatic rings. The van der Waals surface area contributed by atoms with Crippen LogP contribution in [0.15, 0.2) is 19.7 Å². The molecule has 1 aliphatic heterocycles. The predicted octanol–water partition coefficient (Wildman–Crippen LogP) is 10.1. The third-order valence-corrected chi connectivity index (χ3v) is 22.7. The fourth-order valence-electron chi connectivity index (χ4n) is 5.57. The second-order valence-corrected chi connectivity index (χ2v) is 23.3. The Morgan fingerprint density at radius 1 is 0.710 bits per heavy atom. The van der Waals surface area contributed by atoms with Gasteiger partial charge in [-0.25, -0.2) is 0 Å². The molecule has 31 heavy (non-hydrogen) atoms. The van der Waals surface area contributed by atoms with E-state index < -0.39 is 13.3 Å². The Morgan fingerprint density at radius 2 is 1.13 bits per heavy atom. The van der Waals surface area contributed by atoms with Gasteiger partial charge in [0.05, 0.1) is 0 Å². The summed E-state index contributed by atoms with van der Waals surface area (Å²) in [5, 5.41) is 3.00. The Balaban J connectivity index is 1.92. The molecule has 3 rings (SSSR count). The molecule has 0 saturated heterocycles. The monoisotopic (exact) mass is 648 g/mol. The summed E-state index contributed by atoms with van der Waals surface area (Å²) >= 11 is 9.34. The van der Waals surface area contributed by atoms with Gasteiger partial charge in [0.2, 0.25) is 0 Å². The molecule has 0 nitrogen and oxygen atoms in total. The summed E-state index contributed by atoms with van der Waals surface area (Å²) in [6, 6.07) is 5.11. The van der Waals surface area contributed by atoms with Crippen LogP contribution in [0.1, 0.15) is 91.9 Å². The average molecular weight is 649 g/mol. The maximum absolute atomic E-state index is 3.87.